The van der Waals surface area contributed by atoms with Gasteiger partial charge in [0.25, 0.3) is 5.91 Å². The first-order valence-electron chi connectivity index (χ1n) is 14.2. The molecular weight excluding hydrogens is 522 g/mol. The zero-order chi connectivity index (χ0) is 28.0. The van der Waals surface area contributed by atoms with E-state index < -0.39 is 0 Å². The van der Waals surface area contributed by atoms with Crippen LogP contribution in [0, 0.1) is 0 Å². The van der Waals surface area contributed by atoms with Crippen LogP contribution in [0.1, 0.15) is 67.3 Å². The molecule has 0 fully saturated rings. The molecule has 9 heteroatoms. The summed E-state index contributed by atoms with van der Waals surface area (Å²) in [5.41, 5.74) is 8.02. The molecule has 5 heterocycles. The number of carbonyl (C=O) groups is 1. The van der Waals surface area contributed by atoms with Crippen molar-refractivity contribution in [2.45, 2.75) is 71.4 Å². The lowest BCUT2D eigenvalue weighted by Crippen LogP contribution is -2.47. The smallest absolute Gasteiger partial charge is 0.271 e. The summed E-state index contributed by atoms with van der Waals surface area (Å²) >= 11 is 1.73. The van der Waals surface area contributed by atoms with Crippen LogP contribution in [0.15, 0.2) is 35.8 Å². The minimum atomic E-state index is -0.257. The molecule has 210 valence electrons. The fourth-order valence-electron chi connectivity index (χ4n) is 6.19. The summed E-state index contributed by atoms with van der Waals surface area (Å²) in [5, 5.41) is 20.1. The summed E-state index contributed by atoms with van der Waals surface area (Å²) in [5.74, 6) is 0.872. The number of thiophene rings is 1. The third-order valence-corrected chi connectivity index (χ3v) is 8.98. The standard InChI is InChI=1S/C31H37N5O3S/c1-31(2,3)35-13-6-5-10-22-27(26-11-8-16-40-26)28-23-18-24(36-19-21(32-33-36)9-7-15-37)25(39-4)17-20(23)12-14-34(28)29(22)30(35)38/h8,11,16-19,37H,5-7,9-10,12-15H2,1-4H3. The van der Waals surface area contributed by atoms with E-state index in [1.54, 1.807) is 23.1 Å². The molecule has 4 aromatic rings. The molecule has 0 aliphatic carbocycles. The fourth-order valence-corrected chi connectivity index (χ4v) is 6.99. The van der Waals surface area contributed by atoms with Crippen molar-refractivity contribution in [1.29, 1.82) is 0 Å². The highest BCUT2D eigenvalue weighted by Gasteiger charge is 2.37. The third kappa shape index (κ3) is 4.55. The molecule has 0 unspecified atom stereocenters. The van der Waals surface area contributed by atoms with Crippen LogP contribution in [0.4, 0.5) is 0 Å². The predicted octanol–water partition coefficient (Wildman–Crippen LogP) is 5.53. The zero-order valence-electron chi connectivity index (χ0n) is 23.7. The Hall–Kier alpha value is -3.43. The summed E-state index contributed by atoms with van der Waals surface area (Å²) in [6, 6.07) is 8.54. The number of rotatable bonds is 6. The molecule has 0 saturated carbocycles. The summed E-state index contributed by atoms with van der Waals surface area (Å²) in [4.78, 5) is 17.6. The van der Waals surface area contributed by atoms with Gasteiger partial charge in [0.15, 0.2) is 0 Å². The van der Waals surface area contributed by atoms with Gasteiger partial charge in [0.1, 0.15) is 17.1 Å². The van der Waals surface area contributed by atoms with Crippen molar-refractivity contribution in [2.75, 3.05) is 20.3 Å². The quantitative estimate of drug-likeness (QED) is 0.336. The van der Waals surface area contributed by atoms with Crippen LogP contribution in [0.5, 0.6) is 5.75 Å². The largest absolute Gasteiger partial charge is 0.494 e. The van der Waals surface area contributed by atoms with Gasteiger partial charge in [-0.15, -0.1) is 16.4 Å². The lowest BCUT2D eigenvalue weighted by atomic mass is 9.92. The molecule has 0 bridgehead atoms. The van der Waals surface area contributed by atoms with Crippen molar-refractivity contribution in [1.82, 2.24) is 24.5 Å². The first-order chi connectivity index (χ1) is 19.3. The van der Waals surface area contributed by atoms with Gasteiger partial charge in [0, 0.05) is 41.2 Å². The molecule has 6 rings (SSSR count). The number of aromatic nitrogens is 4. The van der Waals surface area contributed by atoms with Crippen LogP contribution in [-0.4, -0.2) is 61.3 Å². The van der Waals surface area contributed by atoms with Crippen LogP contribution in [0.3, 0.4) is 0 Å². The van der Waals surface area contributed by atoms with Gasteiger partial charge in [-0.05, 0) is 94.0 Å². The summed E-state index contributed by atoms with van der Waals surface area (Å²) in [7, 11) is 1.68. The number of fused-ring (bicyclic) bond motifs is 5. The van der Waals surface area contributed by atoms with Crippen molar-refractivity contribution < 1.29 is 14.6 Å². The number of carbonyl (C=O) groups excluding carboxylic acids is 1. The Morgan fingerprint density at radius 2 is 1.98 bits per heavy atom. The maximum absolute atomic E-state index is 14.3. The van der Waals surface area contributed by atoms with E-state index in [0.717, 1.165) is 72.9 Å². The predicted molar refractivity (Wildman–Crippen MR) is 157 cm³/mol. The Bertz CT molecular complexity index is 1540. The number of amides is 1. The summed E-state index contributed by atoms with van der Waals surface area (Å²) in [6.45, 7) is 8.04. The fraction of sp³-hybridized carbons (Fsp3) is 0.452. The van der Waals surface area contributed by atoms with Crippen molar-refractivity contribution >= 4 is 17.2 Å². The first-order valence-corrected chi connectivity index (χ1v) is 15.0. The molecule has 1 N–H and O–H groups in total. The second-order valence-corrected chi connectivity index (χ2v) is 12.6. The highest BCUT2D eigenvalue weighted by atomic mass is 32.1. The average Bonchev–Trinajstić information content (AvgIpc) is 3.67. The SMILES string of the molecule is COc1cc2c(cc1-n1cc(CCCO)nn1)-c1c(-c3cccs3)c3c(n1CC2)C(=O)N(C(C)(C)C)CCCC3. The van der Waals surface area contributed by atoms with Gasteiger partial charge >= 0.3 is 0 Å². The average molecular weight is 560 g/mol. The molecule has 0 atom stereocenters. The van der Waals surface area contributed by atoms with Crippen molar-refractivity contribution in [3.8, 4) is 33.1 Å². The Kier molecular flexibility index (Phi) is 7.04. The molecule has 0 spiro atoms. The number of aliphatic hydroxyl groups is 1. The number of ether oxygens (including phenoxy) is 1. The highest BCUT2D eigenvalue weighted by Crippen LogP contribution is 2.47. The number of benzene rings is 1. The van der Waals surface area contributed by atoms with Crippen LogP contribution in [0.2, 0.25) is 0 Å². The maximum atomic E-state index is 14.3. The molecule has 0 radical (unpaired) electrons. The van der Waals surface area contributed by atoms with Gasteiger partial charge in [-0.3, -0.25) is 4.79 Å². The molecule has 2 aliphatic heterocycles. The van der Waals surface area contributed by atoms with Crippen molar-refractivity contribution in [3.63, 3.8) is 0 Å². The Labute approximate surface area is 239 Å². The van der Waals surface area contributed by atoms with E-state index in [1.807, 2.05) is 6.20 Å². The van der Waals surface area contributed by atoms with Gasteiger partial charge in [0.2, 0.25) is 0 Å². The van der Waals surface area contributed by atoms with Gasteiger partial charge in [-0.1, -0.05) is 11.3 Å². The minimum absolute atomic E-state index is 0.119. The summed E-state index contributed by atoms with van der Waals surface area (Å²) < 4.78 is 9.90. The molecule has 1 amide bonds. The number of nitrogens with zero attached hydrogens (tertiary/aromatic N) is 5. The Morgan fingerprint density at radius 3 is 2.70 bits per heavy atom. The second kappa shape index (κ2) is 10.5. The van der Waals surface area contributed by atoms with E-state index in [4.69, 9.17) is 4.74 Å². The van der Waals surface area contributed by atoms with E-state index in [0.29, 0.717) is 12.8 Å². The monoisotopic (exact) mass is 559 g/mol. The number of hydrogen-bond acceptors (Lipinski definition) is 6. The molecule has 2 aliphatic rings. The van der Waals surface area contributed by atoms with Crippen molar-refractivity contribution in [3.05, 3.63) is 58.4 Å². The van der Waals surface area contributed by atoms with Gasteiger partial charge in [-0.2, -0.15) is 0 Å². The number of hydrogen-bond donors (Lipinski definition) is 1. The molecule has 8 nitrogen and oxygen atoms in total. The minimum Gasteiger partial charge on any atom is -0.494 e. The summed E-state index contributed by atoms with van der Waals surface area (Å²) in [6.07, 6.45) is 6.96. The van der Waals surface area contributed by atoms with E-state index in [1.165, 1.54) is 21.6 Å². The number of methoxy groups -OCH3 is 1. The van der Waals surface area contributed by atoms with E-state index in [9.17, 15) is 9.90 Å². The van der Waals surface area contributed by atoms with E-state index in [-0.39, 0.29) is 18.1 Å². The molecular formula is C31H37N5O3S. The third-order valence-electron chi connectivity index (χ3n) is 8.09. The molecule has 1 aromatic carbocycles. The zero-order valence-corrected chi connectivity index (χ0v) is 24.6. The number of aryl methyl sites for hydroxylation is 2. The first kappa shape index (κ1) is 26.8. The van der Waals surface area contributed by atoms with E-state index in [2.05, 4.69) is 70.2 Å². The molecule has 3 aromatic heterocycles. The molecule has 0 saturated heterocycles. The Balaban J connectivity index is 1.58. The number of aliphatic hydroxyl groups excluding tert-OH is 1. The van der Waals surface area contributed by atoms with E-state index >= 15 is 0 Å². The second-order valence-electron chi connectivity index (χ2n) is 11.7. The van der Waals surface area contributed by atoms with Crippen LogP contribution < -0.4 is 4.74 Å². The van der Waals surface area contributed by atoms with Gasteiger partial charge < -0.3 is 19.3 Å². The van der Waals surface area contributed by atoms with Crippen LogP contribution >= 0.6 is 11.3 Å². The normalized spacial score (nSPS) is 15.3. The van der Waals surface area contributed by atoms with Crippen LogP contribution in [-0.2, 0) is 25.8 Å². The lowest BCUT2D eigenvalue weighted by Gasteiger charge is -2.37. The topological polar surface area (TPSA) is 85.4 Å². The van der Waals surface area contributed by atoms with Crippen LogP contribution in [0.25, 0.3) is 27.4 Å². The maximum Gasteiger partial charge on any atom is 0.271 e. The molecule has 40 heavy (non-hydrogen) atoms. The van der Waals surface area contributed by atoms with Gasteiger partial charge in [-0.25, -0.2) is 4.68 Å². The lowest BCUT2D eigenvalue weighted by molar-refractivity contribution is 0.0558. The highest BCUT2D eigenvalue weighted by molar-refractivity contribution is 7.13. The van der Waals surface area contributed by atoms with Crippen molar-refractivity contribution in [2.24, 2.45) is 0 Å². The Morgan fingerprint density at radius 1 is 1.12 bits per heavy atom. The van der Waals surface area contributed by atoms with Gasteiger partial charge in [0.05, 0.1) is 24.7 Å².